The molecule has 0 saturated carbocycles. The Morgan fingerprint density at radius 1 is 1.27 bits per heavy atom. The Morgan fingerprint density at radius 2 is 2.05 bits per heavy atom. The number of carbonyl (C=O) groups excluding carboxylic acids is 1. The highest BCUT2D eigenvalue weighted by molar-refractivity contribution is 7.10. The van der Waals surface area contributed by atoms with Crippen LogP contribution in [0.2, 0.25) is 5.02 Å². The number of amides is 2. The van der Waals surface area contributed by atoms with Crippen LogP contribution in [0.15, 0.2) is 41.8 Å². The van der Waals surface area contributed by atoms with Crippen molar-refractivity contribution in [2.24, 2.45) is 0 Å². The minimum Gasteiger partial charge on any atom is -0.383 e. The van der Waals surface area contributed by atoms with Gasteiger partial charge in [0.25, 0.3) is 0 Å². The van der Waals surface area contributed by atoms with Gasteiger partial charge >= 0.3 is 6.03 Å². The largest absolute Gasteiger partial charge is 0.383 e. The Kier molecular flexibility index (Phi) is 5.83. The number of hydrogen-bond acceptors (Lipinski definition) is 3. The third-order valence-electron chi connectivity index (χ3n) is 3.28. The summed E-state index contributed by atoms with van der Waals surface area (Å²) >= 11 is 7.52. The van der Waals surface area contributed by atoms with E-state index in [9.17, 15) is 9.90 Å². The van der Waals surface area contributed by atoms with E-state index in [1.54, 1.807) is 6.92 Å². The quantitative estimate of drug-likeness (QED) is 0.757. The molecule has 6 heteroatoms. The highest BCUT2D eigenvalue weighted by Crippen LogP contribution is 2.24. The van der Waals surface area contributed by atoms with Gasteiger partial charge in [-0.2, -0.15) is 0 Å². The summed E-state index contributed by atoms with van der Waals surface area (Å²) in [5.74, 6) is 0. The van der Waals surface area contributed by atoms with E-state index in [-0.39, 0.29) is 12.6 Å². The van der Waals surface area contributed by atoms with Crippen molar-refractivity contribution in [1.82, 2.24) is 10.6 Å². The number of rotatable bonds is 6. The van der Waals surface area contributed by atoms with Gasteiger partial charge in [-0.1, -0.05) is 35.9 Å². The van der Waals surface area contributed by atoms with Crippen LogP contribution in [0, 0.1) is 0 Å². The van der Waals surface area contributed by atoms with Crippen LogP contribution in [0.3, 0.4) is 0 Å². The van der Waals surface area contributed by atoms with E-state index in [0.717, 1.165) is 10.4 Å². The number of hydrogen-bond donors (Lipinski definition) is 3. The van der Waals surface area contributed by atoms with Crippen molar-refractivity contribution >= 4 is 29.0 Å². The molecule has 0 radical (unpaired) electrons. The molecule has 1 aromatic carbocycles. The minimum absolute atomic E-state index is 0.158. The normalized spacial score (nSPS) is 13.4. The molecule has 0 aliphatic carbocycles. The number of urea groups is 1. The fourth-order valence-electron chi connectivity index (χ4n) is 2.00. The van der Waals surface area contributed by atoms with Crippen molar-refractivity contribution in [3.8, 4) is 0 Å². The second kappa shape index (κ2) is 7.63. The van der Waals surface area contributed by atoms with Gasteiger partial charge in [-0.15, -0.1) is 11.3 Å². The third-order valence-corrected chi connectivity index (χ3v) is 4.77. The maximum atomic E-state index is 11.8. The lowest BCUT2D eigenvalue weighted by Crippen LogP contribution is -2.43. The molecule has 1 heterocycles. The van der Waals surface area contributed by atoms with E-state index >= 15 is 0 Å². The first-order valence-electron chi connectivity index (χ1n) is 7.00. The van der Waals surface area contributed by atoms with Gasteiger partial charge in [0.1, 0.15) is 5.60 Å². The zero-order chi connectivity index (χ0) is 16.0. The third kappa shape index (κ3) is 4.73. The summed E-state index contributed by atoms with van der Waals surface area (Å²) in [6.07, 6.45) is 0.661. The Balaban J connectivity index is 1.73. The first kappa shape index (κ1) is 16.8. The van der Waals surface area contributed by atoms with Crippen molar-refractivity contribution in [3.05, 3.63) is 57.2 Å². The van der Waals surface area contributed by atoms with Crippen molar-refractivity contribution in [3.63, 3.8) is 0 Å². The molecule has 2 amide bonds. The van der Waals surface area contributed by atoms with Crippen LogP contribution in [0.25, 0.3) is 0 Å². The first-order chi connectivity index (χ1) is 10.5. The van der Waals surface area contributed by atoms with Gasteiger partial charge in [0, 0.05) is 16.4 Å². The molecule has 0 aliphatic rings. The minimum atomic E-state index is -1.06. The highest BCUT2D eigenvalue weighted by atomic mass is 35.5. The fraction of sp³-hybridized carbons (Fsp3) is 0.312. The van der Waals surface area contributed by atoms with Crippen LogP contribution < -0.4 is 10.6 Å². The maximum absolute atomic E-state index is 11.8. The highest BCUT2D eigenvalue weighted by Gasteiger charge is 2.24. The van der Waals surface area contributed by atoms with E-state index in [4.69, 9.17) is 11.6 Å². The number of benzene rings is 1. The van der Waals surface area contributed by atoms with Crippen molar-refractivity contribution in [2.45, 2.75) is 18.9 Å². The van der Waals surface area contributed by atoms with Crippen molar-refractivity contribution < 1.29 is 9.90 Å². The predicted octanol–water partition coefficient (Wildman–Crippen LogP) is 3.15. The van der Waals surface area contributed by atoms with Crippen LogP contribution in [-0.2, 0) is 12.0 Å². The average Bonchev–Trinajstić information content (AvgIpc) is 3.02. The topological polar surface area (TPSA) is 61.4 Å². The van der Waals surface area contributed by atoms with Crippen molar-refractivity contribution in [1.29, 1.82) is 0 Å². The zero-order valence-corrected chi connectivity index (χ0v) is 13.9. The van der Waals surface area contributed by atoms with Crippen molar-refractivity contribution in [2.75, 3.05) is 13.1 Å². The lowest BCUT2D eigenvalue weighted by molar-refractivity contribution is 0.0631. The molecular weight excluding hydrogens is 320 g/mol. The fourth-order valence-corrected chi connectivity index (χ4v) is 3.02. The molecule has 0 bridgehead atoms. The van der Waals surface area contributed by atoms with Crippen LogP contribution in [0.5, 0.6) is 0 Å². The molecule has 1 aromatic heterocycles. The molecule has 1 atom stereocenters. The Morgan fingerprint density at radius 3 is 2.73 bits per heavy atom. The first-order valence-corrected chi connectivity index (χ1v) is 8.26. The lowest BCUT2D eigenvalue weighted by atomic mass is 10.1. The van der Waals surface area contributed by atoms with Crippen LogP contribution in [0.1, 0.15) is 17.4 Å². The van der Waals surface area contributed by atoms with Gasteiger partial charge < -0.3 is 15.7 Å². The van der Waals surface area contributed by atoms with E-state index in [0.29, 0.717) is 18.0 Å². The number of thiophene rings is 1. The van der Waals surface area contributed by atoms with Gasteiger partial charge in [0.05, 0.1) is 6.54 Å². The number of halogens is 1. The Labute approximate surface area is 139 Å². The second-order valence-electron chi connectivity index (χ2n) is 5.20. The van der Waals surface area contributed by atoms with E-state index in [1.807, 2.05) is 41.8 Å². The van der Waals surface area contributed by atoms with Gasteiger partial charge in [0.2, 0.25) is 0 Å². The predicted molar refractivity (Wildman–Crippen MR) is 90.4 cm³/mol. The average molecular weight is 339 g/mol. The molecule has 0 aliphatic heterocycles. The molecule has 1 unspecified atom stereocenters. The standard InChI is InChI=1S/C16H19ClN2O2S/c1-16(21,14-7-4-10-22-14)11-19-15(20)18-9-8-12-5-2-3-6-13(12)17/h2-7,10,21H,8-9,11H2,1H3,(H2,18,19,20). The number of nitrogens with one attached hydrogen (secondary N) is 2. The van der Waals surface area contributed by atoms with Crippen LogP contribution in [0.4, 0.5) is 4.79 Å². The molecule has 0 fully saturated rings. The summed E-state index contributed by atoms with van der Waals surface area (Å²) < 4.78 is 0. The molecule has 0 spiro atoms. The van der Waals surface area contributed by atoms with Gasteiger partial charge in [0.15, 0.2) is 0 Å². The molecular formula is C16H19ClN2O2S. The second-order valence-corrected chi connectivity index (χ2v) is 6.56. The number of carbonyl (C=O) groups is 1. The van der Waals surface area contributed by atoms with E-state index < -0.39 is 5.60 Å². The molecule has 118 valence electrons. The molecule has 3 N–H and O–H groups in total. The zero-order valence-electron chi connectivity index (χ0n) is 12.3. The van der Waals surface area contributed by atoms with Crippen LogP contribution in [-0.4, -0.2) is 24.2 Å². The summed E-state index contributed by atoms with van der Waals surface area (Å²) in [6.45, 7) is 2.32. The molecule has 2 aromatic rings. The van der Waals surface area contributed by atoms with Crippen LogP contribution >= 0.6 is 22.9 Å². The SMILES string of the molecule is CC(O)(CNC(=O)NCCc1ccccc1Cl)c1cccs1. The number of aliphatic hydroxyl groups is 1. The Bertz CT molecular complexity index is 614. The smallest absolute Gasteiger partial charge is 0.314 e. The summed E-state index contributed by atoms with van der Waals surface area (Å²) in [7, 11) is 0. The maximum Gasteiger partial charge on any atom is 0.314 e. The molecule has 2 rings (SSSR count). The van der Waals surface area contributed by atoms with Gasteiger partial charge in [-0.25, -0.2) is 4.79 Å². The summed E-state index contributed by atoms with van der Waals surface area (Å²) in [5, 5.41) is 18.4. The molecule has 0 saturated heterocycles. The van der Waals surface area contributed by atoms with Gasteiger partial charge in [-0.3, -0.25) is 0 Å². The lowest BCUT2D eigenvalue weighted by Gasteiger charge is -2.22. The van der Waals surface area contributed by atoms with E-state index in [2.05, 4.69) is 10.6 Å². The van der Waals surface area contributed by atoms with Gasteiger partial charge in [-0.05, 0) is 36.4 Å². The monoisotopic (exact) mass is 338 g/mol. The summed E-state index contributed by atoms with van der Waals surface area (Å²) in [6, 6.07) is 11.0. The summed E-state index contributed by atoms with van der Waals surface area (Å²) in [5.41, 5.74) is -0.0658. The molecule has 4 nitrogen and oxygen atoms in total. The van der Waals surface area contributed by atoms with E-state index in [1.165, 1.54) is 11.3 Å². The summed E-state index contributed by atoms with van der Waals surface area (Å²) in [4.78, 5) is 12.6. The molecule has 22 heavy (non-hydrogen) atoms. The Hall–Kier alpha value is -1.56.